The topological polar surface area (TPSA) is 56.7 Å². The number of benzene rings is 7. The van der Waals surface area contributed by atoms with Crippen LogP contribution in [0, 0.1) is 0 Å². The molecule has 0 N–H and O–H groups in total. The molecule has 0 saturated heterocycles. The first-order valence-electron chi connectivity index (χ1n) is 19.0. The molecule has 6 heteroatoms. The SMILES string of the molecule is [2H]c1c([2H])c([2H])c(-c2nc(-c3ccc4c(c3)oc3ccc(-c5ccc6sc7ccccc7c6c5)cc34)nc(-n3c4ccccc4c4ccccc43)n2)c([2H])c1[2H]. The van der Waals surface area contributed by atoms with Crippen molar-refractivity contribution in [3.63, 3.8) is 0 Å². The van der Waals surface area contributed by atoms with Gasteiger partial charge in [-0.1, -0.05) is 103 Å². The number of nitrogens with zero attached hydrogens (tertiary/aromatic N) is 4. The van der Waals surface area contributed by atoms with Gasteiger partial charge in [0, 0.05) is 52.8 Å². The van der Waals surface area contributed by atoms with Crippen LogP contribution in [0.25, 0.3) is 104 Å². The lowest BCUT2D eigenvalue weighted by atomic mass is 10.0. The Morgan fingerprint density at radius 1 is 0.471 bits per heavy atom. The average molecular weight is 676 g/mol. The van der Waals surface area contributed by atoms with E-state index in [1.807, 2.05) is 77.4 Å². The molecule has 0 aliphatic rings. The van der Waals surface area contributed by atoms with Crippen molar-refractivity contribution >= 4 is 75.3 Å². The van der Waals surface area contributed by atoms with Crippen LogP contribution in [0.4, 0.5) is 0 Å². The van der Waals surface area contributed by atoms with Gasteiger partial charge in [-0.2, -0.15) is 9.97 Å². The van der Waals surface area contributed by atoms with Gasteiger partial charge in [-0.3, -0.25) is 4.57 Å². The van der Waals surface area contributed by atoms with Crippen molar-refractivity contribution in [1.82, 2.24) is 19.5 Å². The molecule has 0 bridgehead atoms. The van der Waals surface area contributed by atoms with Gasteiger partial charge in [0.2, 0.25) is 5.95 Å². The van der Waals surface area contributed by atoms with E-state index in [0.29, 0.717) is 11.1 Å². The van der Waals surface area contributed by atoms with Crippen molar-refractivity contribution in [3.8, 4) is 39.9 Å². The highest BCUT2D eigenvalue weighted by Crippen LogP contribution is 2.39. The zero-order chi connectivity index (χ0) is 37.8. The molecule has 0 atom stereocenters. The summed E-state index contributed by atoms with van der Waals surface area (Å²) in [5.41, 5.74) is 5.80. The summed E-state index contributed by atoms with van der Waals surface area (Å²) in [5.74, 6) is 0.477. The van der Waals surface area contributed by atoms with E-state index < -0.39 is 30.2 Å². The molecular weight excluding hydrogens is 645 g/mol. The second-order valence-corrected chi connectivity index (χ2v) is 13.6. The second-order valence-electron chi connectivity index (χ2n) is 12.5. The highest BCUT2D eigenvalue weighted by atomic mass is 32.1. The molecule has 238 valence electrons. The van der Waals surface area contributed by atoms with Crippen LogP contribution in [0.15, 0.2) is 162 Å². The lowest BCUT2D eigenvalue weighted by molar-refractivity contribution is 0.669. The molecule has 0 fully saturated rings. The third-order valence-electron chi connectivity index (χ3n) is 9.57. The van der Waals surface area contributed by atoms with Crippen molar-refractivity contribution < 1.29 is 11.3 Å². The number of rotatable bonds is 4. The molecule has 0 aliphatic heterocycles. The van der Waals surface area contributed by atoms with Gasteiger partial charge in [-0.25, -0.2) is 4.98 Å². The minimum Gasteiger partial charge on any atom is -0.456 e. The number of aromatic nitrogens is 4. The molecule has 7 aromatic carbocycles. The lowest BCUT2D eigenvalue weighted by Crippen LogP contribution is -2.06. The molecular formula is C45H26N4OS. The first kappa shape index (κ1) is 23.7. The predicted molar refractivity (Wildman–Crippen MR) is 211 cm³/mol. The van der Waals surface area contributed by atoms with Gasteiger partial charge in [0.05, 0.1) is 17.9 Å². The smallest absolute Gasteiger partial charge is 0.238 e. The summed E-state index contributed by atoms with van der Waals surface area (Å²) in [6, 6.07) is 40.8. The first-order valence-corrected chi connectivity index (χ1v) is 17.3. The second kappa shape index (κ2) is 10.9. The normalized spacial score (nSPS) is 13.3. The Morgan fingerprint density at radius 3 is 1.88 bits per heavy atom. The summed E-state index contributed by atoms with van der Waals surface area (Å²) in [7, 11) is 0. The van der Waals surface area contributed by atoms with E-state index in [1.165, 1.54) is 20.2 Å². The van der Waals surface area contributed by atoms with Gasteiger partial charge in [-0.05, 0) is 65.7 Å². The Bertz CT molecular complexity index is 3380. The Kier molecular flexibility index (Phi) is 5.08. The summed E-state index contributed by atoms with van der Waals surface area (Å²) in [4.78, 5) is 14.6. The van der Waals surface area contributed by atoms with Crippen LogP contribution in [0.1, 0.15) is 6.85 Å². The van der Waals surface area contributed by atoms with E-state index in [4.69, 9.17) is 26.2 Å². The fourth-order valence-electron chi connectivity index (χ4n) is 7.21. The maximum absolute atomic E-state index is 8.78. The van der Waals surface area contributed by atoms with E-state index in [-0.39, 0.29) is 23.2 Å². The van der Waals surface area contributed by atoms with Crippen molar-refractivity contribution in [2.45, 2.75) is 0 Å². The van der Waals surface area contributed by atoms with Crippen LogP contribution in [0.2, 0.25) is 0 Å². The zero-order valence-corrected chi connectivity index (χ0v) is 27.5. The Morgan fingerprint density at radius 2 is 1.10 bits per heavy atom. The lowest BCUT2D eigenvalue weighted by Gasteiger charge is -2.10. The summed E-state index contributed by atoms with van der Waals surface area (Å²) in [5, 5.41) is 6.40. The van der Waals surface area contributed by atoms with E-state index in [1.54, 1.807) is 11.3 Å². The standard InChI is InChI=1S/C45H26N4OS/c1-2-10-27(11-3-1)43-46-44(48-45(47-43)49-37-15-7-4-12-31(37)32-13-5-8-16-38(32)49)30-18-21-33-35-24-28(19-22-39(35)50-40(33)26-30)29-20-23-42-36(25-29)34-14-6-9-17-41(34)51-42/h1-26H/i1D,2D,3D,10D,11D. The van der Waals surface area contributed by atoms with Crippen LogP contribution >= 0.6 is 11.3 Å². The van der Waals surface area contributed by atoms with Crippen molar-refractivity contribution in [3.05, 3.63) is 158 Å². The quantitative estimate of drug-likeness (QED) is 0.186. The monoisotopic (exact) mass is 675 g/mol. The first-order chi connectivity index (χ1) is 27.3. The van der Waals surface area contributed by atoms with Gasteiger partial charge < -0.3 is 4.42 Å². The summed E-state index contributed by atoms with van der Waals surface area (Å²) in [6.07, 6.45) is 0. The predicted octanol–water partition coefficient (Wildman–Crippen LogP) is 12.2. The van der Waals surface area contributed by atoms with Gasteiger partial charge in [0.1, 0.15) is 11.2 Å². The van der Waals surface area contributed by atoms with Gasteiger partial charge in [0.25, 0.3) is 0 Å². The number of furan rings is 1. The van der Waals surface area contributed by atoms with Crippen LogP contribution in [-0.4, -0.2) is 19.5 Å². The minimum absolute atomic E-state index is 0.0337. The summed E-state index contributed by atoms with van der Waals surface area (Å²) < 4.78 is 53.4. The fourth-order valence-corrected chi connectivity index (χ4v) is 8.29. The molecule has 11 aromatic rings. The van der Waals surface area contributed by atoms with E-state index >= 15 is 0 Å². The van der Waals surface area contributed by atoms with Crippen molar-refractivity contribution in [2.75, 3.05) is 0 Å². The maximum Gasteiger partial charge on any atom is 0.238 e. The molecule has 0 saturated carbocycles. The Labute approximate surface area is 302 Å². The van der Waals surface area contributed by atoms with Gasteiger partial charge in [-0.15, -0.1) is 11.3 Å². The third kappa shape index (κ3) is 4.43. The van der Waals surface area contributed by atoms with Crippen LogP contribution in [0.5, 0.6) is 0 Å². The average Bonchev–Trinajstić information content (AvgIpc) is 3.91. The molecule has 0 radical (unpaired) electrons. The minimum atomic E-state index is -0.486. The molecule has 0 aliphatic carbocycles. The summed E-state index contributed by atoms with van der Waals surface area (Å²) >= 11 is 1.80. The number of hydrogen-bond acceptors (Lipinski definition) is 5. The number of para-hydroxylation sites is 2. The van der Waals surface area contributed by atoms with Crippen LogP contribution in [-0.2, 0) is 0 Å². The molecule has 51 heavy (non-hydrogen) atoms. The highest BCUT2D eigenvalue weighted by molar-refractivity contribution is 7.25. The van der Waals surface area contributed by atoms with Crippen LogP contribution in [0.3, 0.4) is 0 Å². The van der Waals surface area contributed by atoms with Crippen molar-refractivity contribution in [1.29, 1.82) is 0 Å². The highest BCUT2D eigenvalue weighted by Gasteiger charge is 2.19. The van der Waals surface area contributed by atoms with E-state index in [0.717, 1.165) is 49.3 Å². The third-order valence-corrected chi connectivity index (χ3v) is 10.7. The molecule has 0 spiro atoms. The Hall–Kier alpha value is -6.63. The molecule has 4 heterocycles. The molecule has 5 nitrogen and oxygen atoms in total. The van der Waals surface area contributed by atoms with Crippen LogP contribution < -0.4 is 0 Å². The fraction of sp³-hybridized carbons (Fsp3) is 0. The summed E-state index contributed by atoms with van der Waals surface area (Å²) in [6.45, 7) is 0. The van der Waals surface area contributed by atoms with E-state index in [2.05, 4.69) is 54.6 Å². The van der Waals surface area contributed by atoms with E-state index in [9.17, 15) is 0 Å². The number of fused-ring (bicyclic) bond motifs is 9. The molecule has 0 unspecified atom stereocenters. The molecule has 0 amide bonds. The number of hydrogen-bond donors (Lipinski definition) is 0. The maximum atomic E-state index is 8.78. The molecule has 11 rings (SSSR count). The number of thiophene rings is 1. The zero-order valence-electron chi connectivity index (χ0n) is 31.7. The molecule has 4 aromatic heterocycles. The van der Waals surface area contributed by atoms with Gasteiger partial charge in [0.15, 0.2) is 11.6 Å². The Balaban J connectivity index is 1.10. The van der Waals surface area contributed by atoms with Gasteiger partial charge >= 0.3 is 0 Å². The largest absolute Gasteiger partial charge is 0.456 e. The van der Waals surface area contributed by atoms with Crippen molar-refractivity contribution in [2.24, 2.45) is 0 Å².